The second kappa shape index (κ2) is 4.59. The Labute approximate surface area is 118 Å². The lowest BCUT2D eigenvalue weighted by Crippen LogP contribution is -2.53. The molecule has 1 heterocycles. The molecule has 0 bridgehead atoms. The first-order chi connectivity index (χ1) is 9.11. The number of carbonyl (C=O) groups excluding carboxylic acids is 1. The molecule has 0 unspecified atom stereocenters. The highest BCUT2D eigenvalue weighted by Gasteiger charge is 2.40. The van der Waals surface area contributed by atoms with E-state index in [0.29, 0.717) is 17.2 Å². The van der Waals surface area contributed by atoms with Crippen LogP contribution in [0.25, 0.3) is 11.1 Å². The molecule has 5 heteroatoms. The van der Waals surface area contributed by atoms with Gasteiger partial charge in [-0.3, -0.25) is 4.79 Å². The maximum absolute atomic E-state index is 12.4. The Kier molecular flexibility index (Phi) is 3.34. The van der Waals surface area contributed by atoms with Gasteiger partial charge < -0.3 is 15.5 Å². The van der Waals surface area contributed by atoms with Crippen LogP contribution in [0.4, 0.5) is 5.69 Å². The number of anilines is 1. The minimum absolute atomic E-state index is 0.121. The summed E-state index contributed by atoms with van der Waals surface area (Å²) in [5.74, 6) is 0.483. The Morgan fingerprint density at radius 2 is 1.95 bits per heavy atom. The van der Waals surface area contributed by atoms with E-state index in [9.17, 15) is 4.79 Å². The van der Waals surface area contributed by atoms with Gasteiger partial charge >= 0.3 is 0 Å². The lowest BCUT2D eigenvalue weighted by atomic mass is 9.74. The van der Waals surface area contributed by atoms with Crippen LogP contribution >= 0.6 is 0 Å². The van der Waals surface area contributed by atoms with Crippen molar-refractivity contribution in [1.82, 2.24) is 4.98 Å². The normalized spacial score (nSPS) is 12.7. The van der Waals surface area contributed by atoms with Gasteiger partial charge in [-0.05, 0) is 45.9 Å². The molecule has 0 saturated carbocycles. The molecule has 3 N–H and O–H groups in total. The number of oxazole rings is 1. The first-order valence-corrected chi connectivity index (χ1v) is 6.59. The molecule has 1 aromatic carbocycles. The van der Waals surface area contributed by atoms with Gasteiger partial charge in [-0.15, -0.1) is 0 Å². The van der Waals surface area contributed by atoms with Crippen LogP contribution in [0, 0.1) is 12.3 Å². The number of aromatic nitrogens is 1. The molecule has 2 rings (SSSR count). The van der Waals surface area contributed by atoms with Gasteiger partial charge in [-0.1, -0.05) is 0 Å². The highest BCUT2D eigenvalue weighted by molar-refractivity contribution is 5.97. The summed E-state index contributed by atoms with van der Waals surface area (Å²) in [6, 6.07) is 5.39. The first-order valence-electron chi connectivity index (χ1n) is 6.59. The minimum Gasteiger partial charge on any atom is -0.441 e. The molecule has 0 spiro atoms. The standard InChI is InChI=1S/C15H21N3O2/c1-9-17-11-8-10(6-7-12(11)20-9)18-13(19)14(2,3)15(4,5)16/h6-8H,16H2,1-5H3,(H,18,19). The van der Waals surface area contributed by atoms with E-state index in [1.54, 1.807) is 25.1 Å². The van der Waals surface area contributed by atoms with Crippen molar-refractivity contribution in [2.24, 2.45) is 11.1 Å². The van der Waals surface area contributed by atoms with Crippen LogP contribution in [0.5, 0.6) is 0 Å². The zero-order valence-electron chi connectivity index (χ0n) is 12.6. The molecular formula is C15H21N3O2. The number of aryl methyl sites for hydroxylation is 1. The molecule has 0 aliphatic carbocycles. The van der Waals surface area contributed by atoms with E-state index < -0.39 is 11.0 Å². The fourth-order valence-corrected chi connectivity index (χ4v) is 1.70. The van der Waals surface area contributed by atoms with Gasteiger partial charge in [0.05, 0.1) is 5.41 Å². The summed E-state index contributed by atoms with van der Waals surface area (Å²) in [5, 5.41) is 2.89. The second-order valence-corrected chi connectivity index (χ2v) is 6.22. The van der Waals surface area contributed by atoms with Gasteiger partial charge in [0.25, 0.3) is 0 Å². The van der Waals surface area contributed by atoms with Crippen LogP contribution in [0.2, 0.25) is 0 Å². The summed E-state index contributed by atoms with van der Waals surface area (Å²) in [6.07, 6.45) is 0. The number of hydrogen-bond donors (Lipinski definition) is 2. The number of benzene rings is 1. The molecule has 1 aromatic heterocycles. The molecule has 0 fully saturated rings. The smallest absolute Gasteiger partial charge is 0.231 e. The van der Waals surface area contributed by atoms with Gasteiger partial charge in [-0.2, -0.15) is 0 Å². The van der Waals surface area contributed by atoms with Crippen molar-refractivity contribution in [2.45, 2.75) is 40.2 Å². The van der Waals surface area contributed by atoms with Crippen molar-refractivity contribution in [3.05, 3.63) is 24.1 Å². The lowest BCUT2D eigenvalue weighted by molar-refractivity contribution is -0.126. The van der Waals surface area contributed by atoms with Crippen molar-refractivity contribution in [2.75, 3.05) is 5.32 Å². The van der Waals surface area contributed by atoms with Crippen LogP contribution in [-0.2, 0) is 4.79 Å². The number of nitrogens with one attached hydrogen (secondary N) is 1. The summed E-state index contributed by atoms with van der Waals surface area (Å²) in [6.45, 7) is 9.15. The molecule has 0 radical (unpaired) electrons. The van der Waals surface area contributed by atoms with Crippen LogP contribution in [0.1, 0.15) is 33.6 Å². The van der Waals surface area contributed by atoms with Crippen LogP contribution in [0.15, 0.2) is 22.6 Å². The number of nitrogens with zero attached hydrogens (tertiary/aromatic N) is 1. The predicted molar refractivity (Wildman–Crippen MR) is 79.4 cm³/mol. The number of carbonyl (C=O) groups is 1. The zero-order chi connectivity index (χ0) is 15.1. The van der Waals surface area contributed by atoms with Gasteiger partial charge in [0.15, 0.2) is 11.5 Å². The monoisotopic (exact) mass is 275 g/mol. The molecular weight excluding hydrogens is 254 g/mol. The summed E-state index contributed by atoms with van der Waals surface area (Å²) >= 11 is 0. The Hall–Kier alpha value is -1.88. The van der Waals surface area contributed by atoms with Crippen LogP contribution in [0.3, 0.4) is 0 Å². The second-order valence-electron chi connectivity index (χ2n) is 6.22. The van der Waals surface area contributed by atoms with E-state index in [0.717, 1.165) is 5.52 Å². The van der Waals surface area contributed by atoms with Crippen LogP contribution in [-0.4, -0.2) is 16.4 Å². The first kappa shape index (κ1) is 14.5. The van der Waals surface area contributed by atoms with Crippen LogP contribution < -0.4 is 11.1 Å². The molecule has 0 saturated heterocycles. The zero-order valence-corrected chi connectivity index (χ0v) is 12.6. The summed E-state index contributed by atoms with van der Waals surface area (Å²) in [7, 11) is 0. The van der Waals surface area contributed by atoms with E-state index in [4.69, 9.17) is 10.2 Å². The SMILES string of the molecule is Cc1nc2cc(NC(=O)C(C)(C)C(C)(C)N)ccc2o1. The molecule has 20 heavy (non-hydrogen) atoms. The van der Waals surface area contributed by atoms with Crippen molar-refractivity contribution in [3.63, 3.8) is 0 Å². The Morgan fingerprint density at radius 3 is 2.55 bits per heavy atom. The highest BCUT2D eigenvalue weighted by Crippen LogP contribution is 2.30. The summed E-state index contributed by atoms with van der Waals surface area (Å²) in [4.78, 5) is 16.6. The predicted octanol–water partition coefficient (Wildman–Crippen LogP) is 2.84. The van der Waals surface area contributed by atoms with E-state index >= 15 is 0 Å². The number of hydrogen-bond acceptors (Lipinski definition) is 4. The van der Waals surface area contributed by atoms with E-state index in [-0.39, 0.29) is 5.91 Å². The largest absolute Gasteiger partial charge is 0.441 e. The van der Waals surface area contributed by atoms with E-state index in [2.05, 4.69) is 10.3 Å². The molecule has 108 valence electrons. The molecule has 1 amide bonds. The van der Waals surface area contributed by atoms with Crippen molar-refractivity contribution < 1.29 is 9.21 Å². The Morgan fingerprint density at radius 1 is 1.30 bits per heavy atom. The highest BCUT2D eigenvalue weighted by atomic mass is 16.3. The summed E-state index contributed by atoms with van der Waals surface area (Å²) in [5.41, 5.74) is 6.88. The maximum atomic E-state index is 12.4. The number of fused-ring (bicyclic) bond motifs is 1. The molecule has 5 nitrogen and oxygen atoms in total. The van der Waals surface area contributed by atoms with Gasteiger partial charge in [0, 0.05) is 18.2 Å². The minimum atomic E-state index is -0.693. The fourth-order valence-electron chi connectivity index (χ4n) is 1.70. The maximum Gasteiger partial charge on any atom is 0.231 e. The van der Waals surface area contributed by atoms with Gasteiger partial charge in [-0.25, -0.2) is 4.98 Å². The Balaban J connectivity index is 2.26. The third kappa shape index (κ3) is 2.54. The lowest BCUT2D eigenvalue weighted by Gasteiger charge is -2.36. The number of nitrogens with two attached hydrogens (primary N) is 1. The number of amides is 1. The molecule has 2 aromatic rings. The third-order valence-electron chi connectivity index (χ3n) is 3.93. The molecule has 0 atom stereocenters. The van der Waals surface area contributed by atoms with Gasteiger partial charge in [0.2, 0.25) is 5.91 Å². The van der Waals surface area contributed by atoms with Crippen molar-refractivity contribution in [1.29, 1.82) is 0 Å². The average molecular weight is 275 g/mol. The average Bonchev–Trinajstić information content (AvgIpc) is 2.66. The molecule has 0 aliphatic rings. The Bertz CT molecular complexity index is 651. The van der Waals surface area contributed by atoms with Crippen molar-refractivity contribution >= 4 is 22.7 Å². The quantitative estimate of drug-likeness (QED) is 0.902. The molecule has 0 aliphatic heterocycles. The van der Waals surface area contributed by atoms with Crippen molar-refractivity contribution in [3.8, 4) is 0 Å². The summed E-state index contributed by atoms with van der Waals surface area (Å²) < 4.78 is 5.41. The number of rotatable bonds is 3. The van der Waals surface area contributed by atoms with Gasteiger partial charge in [0.1, 0.15) is 5.52 Å². The van der Waals surface area contributed by atoms with E-state index in [1.807, 2.05) is 27.7 Å². The fraction of sp³-hybridized carbons (Fsp3) is 0.467. The third-order valence-corrected chi connectivity index (χ3v) is 3.93. The van der Waals surface area contributed by atoms with E-state index in [1.165, 1.54) is 0 Å². The topological polar surface area (TPSA) is 81.2 Å².